The first-order chi connectivity index (χ1) is 5.88. The van der Waals surface area contributed by atoms with Crippen molar-refractivity contribution in [3.05, 3.63) is 49.0 Å². The first-order valence-corrected chi connectivity index (χ1v) is 4.30. The van der Waals surface area contributed by atoms with Crippen LogP contribution in [0.25, 0.3) is 0 Å². The Labute approximate surface area is 75.4 Å². The van der Waals surface area contributed by atoms with Crippen LogP contribution < -0.4 is 0 Å². The minimum Gasteiger partial charge on any atom is -0.325 e. The third kappa shape index (κ3) is 2.79. The molecule has 1 nitrogen and oxygen atoms in total. The molecule has 0 saturated heterocycles. The van der Waals surface area contributed by atoms with Crippen LogP contribution in [0.5, 0.6) is 0 Å². The van der Waals surface area contributed by atoms with Crippen LogP contribution >= 0.6 is 0 Å². The molecule has 0 aromatic rings. The minimum absolute atomic E-state index is 1.16. The largest absolute Gasteiger partial charge is 0.325 e. The lowest BCUT2D eigenvalue weighted by Gasteiger charge is -2.17. The van der Waals surface area contributed by atoms with Crippen molar-refractivity contribution < 1.29 is 0 Å². The molecule has 1 heterocycles. The van der Waals surface area contributed by atoms with E-state index in [-0.39, 0.29) is 0 Å². The topological polar surface area (TPSA) is 3.24 Å². The molecule has 0 radical (unpaired) electrons. The lowest BCUT2D eigenvalue weighted by atomic mass is 10.3. The second-order valence-electron chi connectivity index (χ2n) is 2.00. The Kier molecular flexibility index (Phi) is 5.80. The molecule has 0 saturated carbocycles. The smallest absolute Gasteiger partial charge is 0.0406 e. The maximum absolute atomic E-state index is 3.68. The predicted molar refractivity (Wildman–Crippen MR) is 55.4 cm³/mol. The van der Waals surface area contributed by atoms with E-state index in [9.17, 15) is 0 Å². The van der Waals surface area contributed by atoms with Gasteiger partial charge in [-0.25, -0.2) is 0 Å². The standard InChI is InChI=1S/C9H11N.C2H6/c1-3-9-7-5-6-8-10(9)4-2;1-2/h3-8H,2H2,1H3;1-2H3/b9-3-;. The highest BCUT2D eigenvalue weighted by molar-refractivity contribution is 5.28. The van der Waals surface area contributed by atoms with Gasteiger partial charge in [-0.3, -0.25) is 0 Å². The van der Waals surface area contributed by atoms with Crippen molar-refractivity contribution in [1.29, 1.82) is 0 Å². The van der Waals surface area contributed by atoms with Crippen LogP contribution in [0.1, 0.15) is 20.8 Å². The summed E-state index contributed by atoms with van der Waals surface area (Å²) in [6.45, 7) is 9.69. The van der Waals surface area contributed by atoms with Gasteiger partial charge in [0.25, 0.3) is 0 Å². The van der Waals surface area contributed by atoms with E-state index >= 15 is 0 Å². The van der Waals surface area contributed by atoms with Gasteiger partial charge in [0.1, 0.15) is 0 Å². The van der Waals surface area contributed by atoms with Crippen LogP contribution in [0, 0.1) is 0 Å². The van der Waals surface area contributed by atoms with Gasteiger partial charge in [0.15, 0.2) is 0 Å². The Morgan fingerprint density at radius 1 is 1.33 bits per heavy atom. The summed E-state index contributed by atoms with van der Waals surface area (Å²) in [6, 6.07) is 0. The van der Waals surface area contributed by atoms with E-state index in [0.29, 0.717) is 0 Å². The van der Waals surface area contributed by atoms with Crippen LogP contribution in [-0.4, -0.2) is 4.90 Å². The summed E-state index contributed by atoms with van der Waals surface area (Å²) in [5.74, 6) is 0. The summed E-state index contributed by atoms with van der Waals surface area (Å²) in [4.78, 5) is 1.97. The predicted octanol–water partition coefficient (Wildman–Crippen LogP) is 3.45. The van der Waals surface area contributed by atoms with Gasteiger partial charge in [-0.05, 0) is 19.1 Å². The van der Waals surface area contributed by atoms with Crippen molar-refractivity contribution in [3.8, 4) is 0 Å². The second-order valence-corrected chi connectivity index (χ2v) is 2.00. The van der Waals surface area contributed by atoms with Crippen LogP contribution in [0.2, 0.25) is 0 Å². The fraction of sp³-hybridized carbons (Fsp3) is 0.273. The SMILES string of the molecule is C=CN1C=CC=C/C1=C/C.CC. The summed E-state index contributed by atoms with van der Waals surface area (Å²) < 4.78 is 0. The zero-order valence-electron chi connectivity index (χ0n) is 8.12. The van der Waals surface area contributed by atoms with Crippen molar-refractivity contribution in [2.75, 3.05) is 0 Å². The van der Waals surface area contributed by atoms with Crippen molar-refractivity contribution in [2.24, 2.45) is 0 Å². The fourth-order valence-electron chi connectivity index (χ4n) is 0.880. The molecule has 0 aromatic heterocycles. The molecule has 1 aliphatic heterocycles. The first-order valence-electron chi connectivity index (χ1n) is 4.30. The summed E-state index contributed by atoms with van der Waals surface area (Å²) >= 11 is 0. The van der Waals surface area contributed by atoms with Crippen LogP contribution in [0.4, 0.5) is 0 Å². The lowest BCUT2D eigenvalue weighted by molar-refractivity contribution is 0.646. The molecule has 0 spiro atoms. The quantitative estimate of drug-likeness (QED) is 0.572. The highest BCUT2D eigenvalue weighted by Gasteiger charge is 1.98. The third-order valence-electron chi connectivity index (χ3n) is 1.42. The molecule has 0 fully saturated rings. The molecule has 0 aliphatic carbocycles. The Bertz CT molecular complexity index is 209. The number of allylic oxidation sites excluding steroid dienone is 4. The molecule has 0 aromatic carbocycles. The van der Waals surface area contributed by atoms with E-state index in [0.717, 1.165) is 5.70 Å². The van der Waals surface area contributed by atoms with E-state index < -0.39 is 0 Å². The maximum Gasteiger partial charge on any atom is 0.0406 e. The Morgan fingerprint density at radius 2 is 2.00 bits per heavy atom. The molecule has 1 heteroatoms. The highest BCUT2D eigenvalue weighted by Crippen LogP contribution is 2.11. The number of rotatable bonds is 1. The molecule has 0 bridgehead atoms. The molecule has 0 amide bonds. The van der Waals surface area contributed by atoms with Gasteiger partial charge in [0, 0.05) is 18.1 Å². The monoisotopic (exact) mass is 163 g/mol. The first kappa shape index (κ1) is 10.8. The fourth-order valence-corrected chi connectivity index (χ4v) is 0.880. The zero-order chi connectivity index (χ0) is 9.40. The lowest BCUT2D eigenvalue weighted by Crippen LogP contribution is -2.07. The van der Waals surface area contributed by atoms with Crippen molar-refractivity contribution in [1.82, 2.24) is 4.90 Å². The molecular weight excluding hydrogens is 146 g/mol. The zero-order valence-corrected chi connectivity index (χ0v) is 8.12. The molecule has 0 atom stereocenters. The van der Waals surface area contributed by atoms with Crippen LogP contribution in [-0.2, 0) is 0 Å². The van der Waals surface area contributed by atoms with Crippen LogP contribution in [0.3, 0.4) is 0 Å². The van der Waals surface area contributed by atoms with Crippen LogP contribution in [0.15, 0.2) is 49.0 Å². The molecule has 12 heavy (non-hydrogen) atoms. The Hall–Kier alpha value is -1.24. The summed E-state index contributed by atoms with van der Waals surface area (Å²) in [7, 11) is 0. The van der Waals surface area contributed by atoms with E-state index in [4.69, 9.17) is 0 Å². The normalized spacial score (nSPS) is 17.2. The highest BCUT2D eigenvalue weighted by atomic mass is 15.1. The molecule has 66 valence electrons. The average molecular weight is 163 g/mol. The second kappa shape index (κ2) is 6.47. The van der Waals surface area contributed by atoms with Gasteiger partial charge in [-0.15, -0.1) is 0 Å². The Morgan fingerprint density at radius 3 is 2.42 bits per heavy atom. The van der Waals surface area contributed by atoms with Gasteiger partial charge in [-0.2, -0.15) is 0 Å². The number of hydrogen-bond donors (Lipinski definition) is 0. The van der Waals surface area contributed by atoms with E-state index in [1.165, 1.54) is 0 Å². The summed E-state index contributed by atoms with van der Waals surface area (Å²) in [5, 5.41) is 0. The van der Waals surface area contributed by atoms with Gasteiger partial charge >= 0.3 is 0 Å². The number of hydrogen-bond acceptors (Lipinski definition) is 1. The van der Waals surface area contributed by atoms with Gasteiger partial charge in [-0.1, -0.05) is 32.6 Å². The maximum atomic E-state index is 3.68. The van der Waals surface area contributed by atoms with Crippen molar-refractivity contribution in [3.63, 3.8) is 0 Å². The van der Waals surface area contributed by atoms with E-state index in [1.54, 1.807) is 6.20 Å². The Balaban J connectivity index is 0.000000561. The molecule has 0 unspecified atom stereocenters. The van der Waals surface area contributed by atoms with Crippen molar-refractivity contribution >= 4 is 0 Å². The number of nitrogens with zero attached hydrogens (tertiary/aromatic N) is 1. The average Bonchev–Trinajstić information content (AvgIpc) is 2.20. The molecule has 1 rings (SSSR count). The van der Waals surface area contributed by atoms with E-state index in [2.05, 4.69) is 6.58 Å². The van der Waals surface area contributed by atoms with Gasteiger partial charge in [0.05, 0.1) is 0 Å². The van der Waals surface area contributed by atoms with Gasteiger partial charge in [0.2, 0.25) is 0 Å². The van der Waals surface area contributed by atoms with Crippen molar-refractivity contribution in [2.45, 2.75) is 20.8 Å². The summed E-state index contributed by atoms with van der Waals surface area (Å²) in [6.07, 6.45) is 11.8. The summed E-state index contributed by atoms with van der Waals surface area (Å²) in [5.41, 5.74) is 1.16. The third-order valence-corrected chi connectivity index (χ3v) is 1.42. The van der Waals surface area contributed by atoms with E-state index in [1.807, 2.05) is 56.2 Å². The molecular formula is C11H17N. The molecule has 1 aliphatic rings. The van der Waals surface area contributed by atoms with Gasteiger partial charge < -0.3 is 4.90 Å². The molecule has 0 N–H and O–H groups in total. The minimum atomic E-state index is 1.16.